The second kappa shape index (κ2) is 3.29. The predicted molar refractivity (Wildman–Crippen MR) is 49.9 cm³/mol. The van der Waals surface area contributed by atoms with E-state index in [1.165, 1.54) is 7.11 Å². The van der Waals surface area contributed by atoms with E-state index in [2.05, 4.69) is 0 Å². The predicted octanol–water partition coefficient (Wildman–Crippen LogP) is 2.20. The molecule has 1 aliphatic rings. The molecule has 2 nitrogen and oxygen atoms in total. The van der Waals surface area contributed by atoms with Gasteiger partial charge in [-0.1, -0.05) is 0 Å². The Morgan fingerprint density at radius 1 is 1.40 bits per heavy atom. The van der Waals surface area contributed by atoms with Crippen LogP contribution in [0.4, 0.5) is 8.78 Å². The average Bonchev–Trinajstić information content (AvgIpc) is 2.97. The van der Waals surface area contributed by atoms with Crippen molar-refractivity contribution in [1.29, 1.82) is 0 Å². The molecule has 1 aromatic carbocycles. The topological polar surface area (TPSA) is 26.3 Å². The number of carbonyl (C=O) groups excluding carboxylic acids is 1. The van der Waals surface area contributed by atoms with Crippen LogP contribution in [-0.2, 0) is 10.2 Å². The molecule has 0 radical (unpaired) electrons. The van der Waals surface area contributed by atoms with Gasteiger partial charge in [0.2, 0.25) is 0 Å². The van der Waals surface area contributed by atoms with Crippen molar-refractivity contribution in [2.75, 3.05) is 7.11 Å². The van der Waals surface area contributed by atoms with Gasteiger partial charge in [0.25, 0.3) is 0 Å². The first kappa shape index (κ1) is 10.1. The van der Waals surface area contributed by atoms with E-state index in [0.29, 0.717) is 19.1 Å². The van der Waals surface area contributed by atoms with Gasteiger partial charge in [-0.3, -0.25) is 0 Å². The van der Waals surface area contributed by atoms with Gasteiger partial charge in [-0.05, 0) is 12.8 Å². The molecule has 0 aliphatic heterocycles. The van der Waals surface area contributed by atoms with Crippen LogP contribution in [0.1, 0.15) is 18.4 Å². The lowest BCUT2D eigenvalue weighted by atomic mass is 9.96. The standard InChI is InChI=1S/C11H10F2O2/c1-15-9-5-7(12)4-8(13)10(9)11(6-14)2-3-11/h4-6H,2-3H2,1H3. The molecule has 1 aliphatic carbocycles. The van der Waals surface area contributed by atoms with Gasteiger partial charge in [0.1, 0.15) is 23.7 Å². The summed E-state index contributed by atoms with van der Waals surface area (Å²) in [5, 5.41) is 0. The molecule has 0 amide bonds. The van der Waals surface area contributed by atoms with Crippen LogP contribution in [-0.4, -0.2) is 13.4 Å². The van der Waals surface area contributed by atoms with Crippen LogP contribution in [0, 0.1) is 11.6 Å². The smallest absolute Gasteiger partial charge is 0.134 e. The SMILES string of the molecule is COc1cc(F)cc(F)c1C1(C=O)CC1. The van der Waals surface area contributed by atoms with Crippen molar-refractivity contribution in [2.24, 2.45) is 0 Å². The highest BCUT2D eigenvalue weighted by atomic mass is 19.1. The molecule has 0 aromatic heterocycles. The Morgan fingerprint density at radius 2 is 2.07 bits per heavy atom. The maximum atomic E-state index is 13.5. The molecule has 2 rings (SSSR count). The molecule has 1 aromatic rings. The fourth-order valence-electron chi connectivity index (χ4n) is 1.76. The van der Waals surface area contributed by atoms with Crippen molar-refractivity contribution in [3.8, 4) is 5.75 Å². The van der Waals surface area contributed by atoms with Crippen molar-refractivity contribution in [3.05, 3.63) is 29.3 Å². The van der Waals surface area contributed by atoms with E-state index < -0.39 is 17.0 Å². The van der Waals surface area contributed by atoms with Gasteiger partial charge < -0.3 is 9.53 Å². The summed E-state index contributed by atoms with van der Waals surface area (Å²) in [5.41, 5.74) is -0.607. The second-order valence-electron chi connectivity index (χ2n) is 3.74. The van der Waals surface area contributed by atoms with E-state index in [1.54, 1.807) is 0 Å². The van der Waals surface area contributed by atoms with Gasteiger partial charge in [-0.2, -0.15) is 0 Å². The minimum Gasteiger partial charge on any atom is -0.496 e. The van der Waals surface area contributed by atoms with Crippen LogP contribution in [0.25, 0.3) is 0 Å². The van der Waals surface area contributed by atoms with Gasteiger partial charge in [0.05, 0.1) is 12.5 Å². The minimum atomic E-state index is -0.789. The fourth-order valence-corrected chi connectivity index (χ4v) is 1.76. The van der Waals surface area contributed by atoms with E-state index in [1.807, 2.05) is 0 Å². The first-order valence-electron chi connectivity index (χ1n) is 4.63. The van der Waals surface area contributed by atoms with Crippen LogP contribution < -0.4 is 4.74 Å². The number of rotatable bonds is 3. The Bertz CT molecular complexity index is 411. The molecular weight excluding hydrogens is 202 g/mol. The number of carbonyl (C=O) groups is 1. The summed E-state index contributed by atoms with van der Waals surface area (Å²) < 4.78 is 31.3. The Morgan fingerprint density at radius 3 is 2.53 bits per heavy atom. The quantitative estimate of drug-likeness (QED) is 0.718. The van der Waals surface area contributed by atoms with E-state index in [4.69, 9.17) is 4.74 Å². The zero-order valence-corrected chi connectivity index (χ0v) is 8.22. The fraction of sp³-hybridized carbons (Fsp3) is 0.364. The van der Waals surface area contributed by atoms with Gasteiger partial charge in [-0.25, -0.2) is 8.78 Å². The largest absolute Gasteiger partial charge is 0.496 e. The molecule has 1 fully saturated rings. The molecule has 1 saturated carbocycles. The maximum absolute atomic E-state index is 13.5. The first-order valence-corrected chi connectivity index (χ1v) is 4.63. The molecular formula is C11H10F2O2. The van der Waals surface area contributed by atoms with Crippen molar-refractivity contribution in [1.82, 2.24) is 0 Å². The lowest BCUT2D eigenvalue weighted by Crippen LogP contribution is -2.12. The first-order chi connectivity index (χ1) is 7.13. The van der Waals surface area contributed by atoms with Gasteiger partial charge in [-0.15, -0.1) is 0 Å². The van der Waals surface area contributed by atoms with Crippen molar-refractivity contribution in [2.45, 2.75) is 18.3 Å². The summed E-state index contributed by atoms with van der Waals surface area (Å²) in [7, 11) is 1.33. The normalized spacial score (nSPS) is 17.3. The maximum Gasteiger partial charge on any atom is 0.134 e. The summed E-state index contributed by atoms with van der Waals surface area (Å²) in [6.45, 7) is 0. The molecule has 0 heterocycles. The molecule has 80 valence electrons. The molecule has 0 saturated heterocycles. The summed E-state index contributed by atoms with van der Waals surface area (Å²) in [5.74, 6) is -1.30. The zero-order valence-electron chi connectivity index (χ0n) is 8.22. The second-order valence-corrected chi connectivity index (χ2v) is 3.74. The Hall–Kier alpha value is -1.45. The van der Waals surface area contributed by atoms with E-state index in [0.717, 1.165) is 12.1 Å². The molecule has 0 bridgehead atoms. The number of hydrogen-bond acceptors (Lipinski definition) is 2. The average molecular weight is 212 g/mol. The zero-order chi connectivity index (χ0) is 11.1. The number of hydrogen-bond donors (Lipinski definition) is 0. The summed E-state index contributed by atoms with van der Waals surface area (Å²) in [4.78, 5) is 10.9. The molecule has 4 heteroatoms. The van der Waals surface area contributed by atoms with Crippen LogP contribution >= 0.6 is 0 Å². The molecule has 15 heavy (non-hydrogen) atoms. The summed E-state index contributed by atoms with van der Waals surface area (Å²) in [6.07, 6.45) is 1.90. The Kier molecular flexibility index (Phi) is 2.21. The van der Waals surface area contributed by atoms with Crippen LogP contribution in [0.2, 0.25) is 0 Å². The molecule has 0 spiro atoms. The number of methoxy groups -OCH3 is 1. The number of aldehydes is 1. The summed E-state index contributed by atoms with van der Waals surface area (Å²) in [6, 6.07) is 1.88. The molecule has 0 N–H and O–H groups in total. The third-order valence-corrected chi connectivity index (χ3v) is 2.75. The Balaban J connectivity index is 2.59. The van der Waals surface area contributed by atoms with Gasteiger partial charge in [0.15, 0.2) is 0 Å². The molecule has 0 atom stereocenters. The van der Waals surface area contributed by atoms with Crippen LogP contribution in [0.5, 0.6) is 5.75 Å². The lowest BCUT2D eigenvalue weighted by Gasteiger charge is -2.14. The number of ether oxygens (including phenoxy) is 1. The number of halogens is 2. The van der Waals surface area contributed by atoms with E-state index in [9.17, 15) is 13.6 Å². The van der Waals surface area contributed by atoms with Crippen molar-refractivity contribution < 1.29 is 18.3 Å². The van der Waals surface area contributed by atoms with E-state index in [-0.39, 0.29) is 11.3 Å². The summed E-state index contributed by atoms with van der Waals surface area (Å²) >= 11 is 0. The highest BCUT2D eigenvalue weighted by Crippen LogP contribution is 2.50. The third-order valence-electron chi connectivity index (χ3n) is 2.75. The Labute approximate surface area is 85.9 Å². The van der Waals surface area contributed by atoms with E-state index >= 15 is 0 Å². The number of benzene rings is 1. The molecule has 0 unspecified atom stereocenters. The van der Waals surface area contributed by atoms with Crippen LogP contribution in [0.15, 0.2) is 12.1 Å². The highest BCUT2D eigenvalue weighted by molar-refractivity contribution is 5.75. The highest BCUT2D eigenvalue weighted by Gasteiger charge is 2.48. The van der Waals surface area contributed by atoms with Gasteiger partial charge >= 0.3 is 0 Å². The monoisotopic (exact) mass is 212 g/mol. The third kappa shape index (κ3) is 1.50. The van der Waals surface area contributed by atoms with Gasteiger partial charge in [0, 0.05) is 17.7 Å². The lowest BCUT2D eigenvalue weighted by molar-refractivity contribution is -0.110. The van der Waals surface area contributed by atoms with Crippen molar-refractivity contribution >= 4 is 6.29 Å². The minimum absolute atomic E-state index is 0.108. The van der Waals surface area contributed by atoms with Crippen molar-refractivity contribution in [3.63, 3.8) is 0 Å². The van der Waals surface area contributed by atoms with Crippen LogP contribution in [0.3, 0.4) is 0 Å².